The second-order valence-corrected chi connectivity index (χ2v) is 7.04. The van der Waals surface area contributed by atoms with E-state index in [2.05, 4.69) is 60.7 Å². The van der Waals surface area contributed by atoms with Crippen LogP contribution in [0.5, 0.6) is 0 Å². The molecule has 1 atom stereocenters. The zero-order valence-corrected chi connectivity index (χ0v) is 16.0. The molecule has 25 heavy (non-hydrogen) atoms. The molecular formula is C20H33N3O2. The van der Waals surface area contributed by atoms with Crippen LogP contribution in [0.15, 0.2) is 29.3 Å². The quantitative estimate of drug-likeness (QED) is 0.588. The largest absolute Gasteiger partial charge is 0.381 e. The van der Waals surface area contributed by atoms with Gasteiger partial charge in [-0.2, -0.15) is 0 Å². The van der Waals surface area contributed by atoms with Crippen LogP contribution in [0.1, 0.15) is 44.7 Å². The predicted molar refractivity (Wildman–Crippen MR) is 103 cm³/mol. The molecule has 0 aromatic heterocycles. The van der Waals surface area contributed by atoms with Gasteiger partial charge in [0.25, 0.3) is 0 Å². The zero-order valence-electron chi connectivity index (χ0n) is 16.0. The van der Waals surface area contributed by atoms with Gasteiger partial charge in [-0.25, -0.2) is 0 Å². The Morgan fingerprint density at radius 1 is 1.16 bits per heavy atom. The van der Waals surface area contributed by atoms with Crippen molar-refractivity contribution in [2.24, 2.45) is 10.9 Å². The van der Waals surface area contributed by atoms with Gasteiger partial charge in [0.15, 0.2) is 5.96 Å². The second kappa shape index (κ2) is 10.4. The lowest BCUT2D eigenvalue weighted by Gasteiger charge is -2.22. The van der Waals surface area contributed by atoms with Crippen LogP contribution >= 0.6 is 0 Å². The molecule has 0 saturated carbocycles. The third-order valence-electron chi connectivity index (χ3n) is 4.72. The average molecular weight is 348 g/mol. The molecule has 5 nitrogen and oxygen atoms in total. The van der Waals surface area contributed by atoms with Gasteiger partial charge >= 0.3 is 0 Å². The summed E-state index contributed by atoms with van der Waals surface area (Å²) >= 11 is 0. The minimum atomic E-state index is 0.340. The van der Waals surface area contributed by atoms with Crippen molar-refractivity contribution in [2.45, 2.75) is 58.9 Å². The van der Waals surface area contributed by atoms with E-state index in [1.165, 1.54) is 11.1 Å². The van der Waals surface area contributed by atoms with Crippen LogP contribution in [0.2, 0.25) is 0 Å². The minimum Gasteiger partial charge on any atom is -0.381 e. The SMILES string of the molecule is CN=C(NCc1ccc(COC2CCOCC2)cc1)NC(C)C(C)C. The van der Waals surface area contributed by atoms with Crippen molar-refractivity contribution in [1.29, 1.82) is 0 Å². The number of nitrogens with one attached hydrogen (secondary N) is 2. The number of aliphatic imine (C=N–C) groups is 1. The molecule has 0 aliphatic carbocycles. The first-order valence-corrected chi connectivity index (χ1v) is 9.33. The highest BCUT2D eigenvalue weighted by atomic mass is 16.5. The monoisotopic (exact) mass is 347 g/mol. The molecule has 5 heteroatoms. The molecule has 1 aliphatic rings. The van der Waals surface area contributed by atoms with E-state index >= 15 is 0 Å². The van der Waals surface area contributed by atoms with Gasteiger partial charge in [0.05, 0.1) is 12.7 Å². The van der Waals surface area contributed by atoms with E-state index in [0.717, 1.165) is 38.6 Å². The van der Waals surface area contributed by atoms with Gasteiger partial charge in [0, 0.05) is 32.8 Å². The fourth-order valence-electron chi connectivity index (χ4n) is 2.57. The smallest absolute Gasteiger partial charge is 0.191 e. The number of benzene rings is 1. The van der Waals surface area contributed by atoms with E-state index in [1.54, 1.807) is 7.05 Å². The van der Waals surface area contributed by atoms with Crippen LogP contribution in [0.25, 0.3) is 0 Å². The summed E-state index contributed by atoms with van der Waals surface area (Å²) in [7, 11) is 1.80. The van der Waals surface area contributed by atoms with Crippen LogP contribution in [-0.2, 0) is 22.6 Å². The van der Waals surface area contributed by atoms with Crippen molar-refractivity contribution in [2.75, 3.05) is 20.3 Å². The molecule has 2 N–H and O–H groups in total. The Balaban J connectivity index is 1.75. The summed E-state index contributed by atoms with van der Waals surface area (Å²) in [6.07, 6.45) is 2.35. The molecule has 1 unspecified atom stereocenters. The molecule has 1 aliphatic heterocycles. The Bertz CT molecular complexity index is 522. The number of hydrogen-bond donors (Lipinski definition) is 2. The molecular weight excluding hydrogens is 314 g/mol. The molecule has 1 aromatic carbocycles. The van der Waals surface area contributed by atoms with E-state index in [4.69, 9.17) is 9.47 Å². The lowest BCUT2D eigenvalue weighted by atomic mass is 10.1. The van der Waals surface area contributed by atoms with Crippen molar-refractivity contribution in [3.8, 4) is 0 Å². The van der Waals surface area contributed by atoms with Gasteiger partial charge in [-0.1, -0.05) is 38.1 Å². The summed E-state index contributed by atoms with van der Waals surface area (Å²) in [5, 5.41) is 6.78. The Morgan fingerprint density at radius 2 is 1.80 bits per heavy atom. The molecule has 0 spiro atoms. The van der Waals surface area contributed by atoms with Crippen molar-refractivity contribution in [1.82, 2.24) is 10.6 Å². The van der Waals surface area contributed by atoms with Crippen molar-refractivity contribution >= 4 is 5.96 Å². The molecule has 1 saturated heterocycles. The summed E-state index contributed by atoms with van der Waals surface area (Å²) in [6.45, 7) is 9.64. The second-order valence-electron chi connectivity index (χ2n) is 7.04. The summed E-state index contributed by atoms with van der Waals surface area (Å²) in [4.78, 5) is 4.29. The van der Waals surface area contributed by atoms with Crippen LogP contribution < -0.4 is 10.6 Å². The highest BCUT2D eigenvalue weighted by molar-refractivity contribution is 5.79. The average Bonchev–Trinajstić information content (AvgIpc) is 2.64. The first-order valence-electron chi connectivity index (χ1n) is 9.33. The van der Waals surface area contributed by atoms with Crippen molar-refractivity contribution in [3.63, 3.8) is 0 Å². The molecule has 0 amide bonds. The molecule has 140 valence electrons. The summed E-state index contributed by atoms with van der Waals surface area (Å²) in [5.41, 5.74) is 2.45. The van der Waals surface area contributed by atoms with Crippen LogP contribution in [0.3, 0.4) is 0 Å². The third kappa shape index (κ3) is 7.04. The summed E-state index contributed by atoms with van der Waals surface area (Å²) in [6, 6.07) is 8.96. The van der Waals surface area contributed by atoms with E-state index in [0.29, 0.717) is 24.7 Å². The van der Waals surface area contributed by atoms with Crippen LogP contribution in [0, 0.1) is 5.92 Å². The maximum absolute atomic E-state index is 5.97. The standard InChI is InChI=1S/C20H33N3O2/c1-15(2)16(3)23-20(21-4)22-13-17-5-7-18(8-6-17)14-25-19-9-11-24-12-10-19/h5-8,15-16,19H,9-14H2,1-4H3,(H2,21,22,23). The molecule has 0 bridgehead atoms. The Hall–Kier alpha value is -1.59. The topological polar surface area (TPSA) is 54.9 Å². The van der Waals surface area contributed by atoms with Gasteiger partial charge in [-0.05, 0) is 36.8 Å². The normalized spacial score (nSPS) is 17.6. The zero-order chi connectivity index (χ0) is 18.1. The number of rotatable bonds is 7. The van der Waals surface area contributed by atoms with E-state index < -0.39 is 0 Å². The van der Waals surface area contributed by atoms with Gasteiger partial charge < -0.3 is 20.1 Å². The van der Waals surface area contributed by atoms with Crippen LogP contribution in [-0.4, -0.2) is 38.4 Å². The maximum Gasteiger partial charge on any atom is 0.191 e. The van der Waals surface area contributed by atoms with Gasteiger partial charge in [-0.15, -0.1) is 0 Å². The fourth-order valence-corrected chi connectivity index (χ4v) is 2.57. The lowest BCUT2D eigenvalue weighted by molar-refractivity contribution is -0.0390. The Kier molecular flexibility index (Phi) is 8.22. The Labute approximate surface area is 152 Å². The summed E-state index contributed by atoms with van der Waals surface area (Å²) in [5.74, 6) is 1.40. The molecule has 2 rings (SSSR count). The lowest BCUT2D eigenvalue weighted by Crippen LogP contribution is -2.43. The highest BCUT2D eigenvalue weighted by Crippen LogP contribution is 2.14. The third-order valence-corrected chi connectivity index (χ3v) is 4.72. The van der Waals surface area contributed by atoms with E-state index in [1.807, 2.05) is 0 Å². The van der Waals surface area contributed by atoms with Crippen molar-refractivity contribution < 1.29 is 9.47 Å². The summed E-state index contributed by atoms with van der Waals surface area (Å²) < 4.78 is 11.3. The minimum absolute atomic E-state index is 0.340. The fraction of sp³-hybridized carbons (Fsp3) is 0.650. The highest BCUT2D eigenvalue weighted by Gasteiger charge is 2.14. The molecule has 1 heterocycles. The number of ether oxygens (including phenoxy) is 2. The van der Waals surface area contributed by atoms with Gasteiger partial charge in [0.1, 0.15) is 0 Å². The van der Waals surface area contributed by atoms with E-state index in [-0.39, 0.29) is 0 Å². The molecule has 1 fully saturated rings. The first kappa shape index (κ1) is 19.7. The van der Waals surface area contributed by atoms with Gasteiger partial charge in [-0.3, -0.25) is 4.99 Å². The van der Waals surface area contributed by atoms with Gasteiger partial charge in [0.2, 0.25) is 0 Å². The van der Waals surface area contributed by atoms with E-state index in [9.17, 15) is 0 Å². The molecule has 0 radical (unpaired) electrons. The number of hydrogen-bond acceptors (Lipinski definition) is 3. The Morgan fingerprint density at radius 3 is 2.40 bits per heavy atom. The van der Waals surface area contributed by atoms with Crippen LogP contribution in [0.4, 0.5) is 0 Å². The molecule has 1 aromatic rings. The number of guanidine groups is 1. The maximum atomic E-state index is 5.97. The first-order chi connectivity index (χ1) is 12.1. The van der Waals surface area contributed by atoms with Crippen molar-refractivity contribution in [3.05, 3.63) is 35.4 Å². The predicted octanol–water partition coefficient (Wildman–Crippen LogP) is 3.09. The number of nitrogens with zero attached hydrogens (tertiary/aromatic N) is 1.